The van der Waals surface area contributed by atoms with Crippen molar-refractivity contribution in [3.63, 3.8) is 0 Å². The summed E-state index contributed by atoms with van der Waals surface area (Å²) >= 11 is 0. The van der Waals surface area contributed by atoms with E-state index >= 15 is 0 Å². The maximum Gasteiger partial charge on any atom is 0.417 e. The largest absolute Gasteiger partial charge is 0.417 e. The molecule has 4 aliphatic heterocycles. The Labute approximate surface area is 543 Å². The zero-order valence-electron chi connectivity index (χ0n) is 57.9. The minimum Gasteiger partial charge on any atom is -0.390 e. The van der Waals surface area contributed by atoms with Gasteiger partial charge in [0, 0.05) is 180 Å². The number of aromatic nitrogens is 1. The topological polar surface area (TPSA) is 131 Å². The number of pyridine rings is 1. The number of carbonyl (C=O) groups excluding carboxylic acids is 1. The van der Waals surface area contributed by atoms with Crippen LogP contribution in [0.5, 0.6) is 0 Å². The van der Waals surface area contributed by atoms with Crippen molar-refractivity contribution >= 4 is 11.6 Å². The molecule has 1 aromatic rings. The maximum absolute atomic E-state index is 14.9. The van der Waals surface area contributed by atoms with Crippen LogP contribution < -0.4 is 31.9 Å². The van der Waals surface area contributed by atoms with E-state index < -0.39 is 11.7 Å². The van der Waals surface area contributed by atoms with Crippen molar-refractivity contribution in [2.75, 3.05) is 66.5 Å². The molecule has 5 heterocycles. The first-order valence-electron chi connectivity index (χ1n) is 36.3. The fourth-order valence-corrected chi connectivity index (χ4v) is 16.7. The zero-order valence-corrected chi connectivity index (χ0v) is 57.9. The molecule has 1 amide bonds. The van der Waals surface area contributed by atoms with Gasteiger partial charge in [0.15, 0.2) is 0 Å². The Kier molecular flexibility index (Phi) is 27.9. The number of piperidine rings is 1. The van der Waals surface area contributed by atoms with Crippen molar-refractivity contribution in [3.8, 4) is 0 Å². The number of aryl methyl sites for hydroxylation is 1. The van der Waals surface area contributed by atoms with E-state index in [1.807, 2.05) is 24.7 Å². The molecule has 6 fully saturated rings. The number of hydrogen-bond acceptors (Lipinski definition) is 13. The van der Waals surface area contributed by atoms with Crippen LogP contribution in [0.1, 0.15) is 215 Å². The number of fused-ring (bicyclic) bond motifs is 2. The van der Waals surface area contributed by atoms with Gasteiger partial charge in [0.05, 0.1) is 11.5 Å². The quantitative estimate of drug-likeness (QED) is 0.126. The number of rotatable bonds is 11. The lowest BCUT2D eigenvalue weighted by Crippen LogP contribution is -2.76. The van der Waals surface area contributed by atoms with E-state index in [2.05, 4.69) is 150 Å². The number of carbonyl (C=O) groups is 1. The lowest BCUT2D eigenvalue weighted by atomic mass is 9.74. The maximum atomic E-state index is 14.9. The van der Waals surface area contributed by atoms with Crippen LogP contribution in [0.3, 0.4) is 0 Å². The standard InChI is InChI=1S/C73H124F3N13O/c1-12-53(4)67-47-82-66(44-52(2)3)55(6)80-48-68-69(71(90)87-40-21-14-22-41-87)58(9)89(68)70(60-26-17-18-27-60)56(7)84-72(34-19-20-35-72)51-78-38-37-77-36-33-63(32-31-62-30-29-61(46-81-62)73(74,75)76)79-39-43-85(10)49-65(45-59-24-15-13-16-25-59)86(11)50-64-28-23-42-88(64)57(8)54(5)83-67/h29-30,33,36,39,43,46,49-50,52-60,66-70,77-78,80,82-84H,12-28,31-32,34-35,37-38,40-42,44-45,47-48,51H2,1-11H3/t53-,54?,55?,56?,57-,58?,66-,67+,68?,69-,70+/m0/s1. The average molecular weight is 1260 g/mol. The van der Waals surface area contributed by atoms with E-state index in [9.17, 15) is 18.0 Å². The Morgan fingerprint density at radius 1 is 0.789 bits per heavy atom. The predicted octanol–water partition coefficient (Wildman–Crippen LogP) is 12.6. The van der Waals surface area contributed by atoms with Gasteiger partial charge < -0.3 is 51.5 Å². The number of aliphatic imine (C=N–C) groups is 1. The summed E-state index contributed by atoms with van der Waals surface area (Å²) in [6.07, 6.45) is 34.9. The molecule has 1 aromatic heterocycles. The molecular weight excluding hydrogens is 1130 g/mol. The number of hydrogen-bond donors (Lipinski definition) is 6. The third-order valence-corrected chi connectivity index (χ3v) is 22.4. The van der Waals surface area contributed by atoms with Crippen LogP contribution in [0.4, 0.5) is 13.2 Å². The highest BCUT2D eigenvalue weighted by Gasteiger charge is 2.56. The van der Waals surface area contributed by atoms with Crippen molar-refractivity contribution in [3.05, 3.63) is 78.1 Å². The molecule has 90 heavy (non-hydrogen) atoms. The second-order valence-corrected chi connectivity index (χ2v) is 29.6. The third-order valence-electron chi connectivity index (χ3n) is 22.4. The number of amides is 1. The van der Waals surface area contributed by atoms with E-state index in [4.69, 9.17) is 4.99 Å². The van der Waals surface area contributed by atoms with Gasteiger partial charge in [-0.15, -0.1) is 0 Å². The van der Waals surface area contributed by atoms with Gasteiger partial charge in [-0.2, -0.15) is 13.2 Å². The monoisotopic (exact) mass is 1260 g/mol. The van der Waals surface area contributed by atoms with Gasteiger partial charge in [-0.3, -0.25) is 19.7 Å². The van der Waals surface area contributed by atoms with Crippen LogP contribution in [0.25, 0.3) is 0 Å². The molecule has 7 aliphatic rings. The second-order valence-electron chi connectivity index (χ2n) is 29.6. The molecule has 8 rings (SSSR count). The van der Waals surface area contributed by atoms with Crippen LogP contribution in [0, 0.1) is 29.6 Å². The number of alkyl halides is 3. The van der Waals surface area contributed by atoms with Crippen molar-refractivity contribution in [1.82, 2.24) is 61.4 Å². The summed E-state index contributed by atoms with van der Waals surface area (Å²) in [5, 5.41) is 24.5. The van der Waals surface area contributed by atoms with Gasteiger partial charge in [-0.25, -0.2) is 0 Å². The second kappa shape index (κ2) is 34.9. The SMILES string of the molecule is CC[C@H](C)[C@H]1CN[C@@H](CC(C)C)C(C)NCC2[C@@H](C(=O)N3CCCCC3)C(C)N2[C@@H](C2CCCC2)C(C)NC2(CCCC2)CNCCNC=CC(CCc2ccc(C(F)(F)F)cn2)=NC=CN(C)C=C(CC2CCCCC2)N(C)C=C2CCCN2[C@@H](C)C(C)N1. The molecule has 5 unspecified atom stereocenters. The first-order chi connectivity index (χ1) is 43.2. The molecular formula is C73H124F3N13O. The summed E-state index contributed by atoms with van der Waals surface area (Å²) in [5.74, 6) is 2.58. The van der Waals surface area contributed by atoms with E-state index in [1.54, 1.807) is 0 Å². The molecule has 3 saturated carbocycles. The molecule has 1 spiro atoms. The average Bonchev–Trinajstić information content (AvgIpc) is 0.928. The highest BCUT2D eigenvalue weighted by Crippen LogP contribution is 2.44. The van der Waals surface area contributed by atoms with Crippen molar-refractivity contribution in [1.29, 1.82) is 0 Å². The Morgan fingerprint density at radius 2 is 1.51 bits per heavy atom. The molecule has 0 radical (unpaired) electrons. The van der Waals surface area contributed by atoms with Gasteiger partial charge in [0.25, 0.3) is 0 Å². The smallest absolute Gasteiger partial charge is 0.390 e. The normalized spacial score (nSPS) is 30.9. The first kappa shape index (κ1) is 71.8. The number of nitrogens with one attached hydrogen (secondary N) is 6. The Hall–Kier alpha value is -4.00. The van der Waals surface area contributed by atoms with Gasteiger partial charge in [-0.05, 0) is 166 Å². The highest BCUT2D eigenvalue weighted by molar-refractivity contribution is 5.95. The Morgan fingerprint density at radius 3 is 2.20 bits per heavy atom. The Balaban J connectivity index is 1.09. The fourth-order valence-electron chi connectivity index (χ4n) is 16.7. The van der Waals surface area contributed by atoms with Crippen LogP contribution in [0.15, 0.2) is 71.8 Å². The van der Waals surface area contributed by atoms with Crippen molar-refractivity contribution in [2.45, 2.75) is 276 Å². The summed E-state index contributed by atoms with van der Waals surface area (Å²) < 4.78 is 40.5. The van der Waals surface area contributed by atoms with Gasteiger partial charge in [0.1, 0.15) is 0 Å². The minimum absolute atomic E-state index is 0.0171. The summed E-state index contributed by atoms with van der Waals surface area (Å²) in [6.45, 7) is 28.5. The molecule has 508 valence electrons. The van der Waals surface area contributed by atoms with Crippen LogP contribution in [-0.4, -0.2) is 167 Å². The fraction of sp³-hybridized carbons (Fsp3) is 0.795. The molecule has 0 aromatic carbocycles. The van der Waals surface area contributed by atoms with Gasteiger partial charge >= 0.3 is 6.18 Å². The molecule has 17 heteroatoms. The molecule has 0 bridgehead atoms. The molecule has 3 saturated heterocycles. The van der Waals surface area contributed by atoms with E-state index in [0.717, 1.165) is 128 Å². The molecule has 6 N–H and O–H groups in total. The summed E-state index contributed by atoms with van der Waals surface area (Å²) in [4.78, 5) is 36.4. The van der Waals surface area contributed by atoms with Gasteiger partial charge in [-0.1, -0.05) is 91.9 Å². The molecule has 14 nitrogen and oxygen atoms in total. The predicted molar refractivity (Wildman–Crippen MR) is 366 cm³/mol. The summed E-state index contributed by atoms with van der Waals surface area (Å²) in [5.41, 5.74) is 3.31. The molecule has 3 aliphatic carbocycles. The minimum atomic E-state index is -4.43. The number of likely N-dealkylation sites (tertiary alicyclic amines) is 1. The number of nitrogens with zero attached hydrogens (tertiary/aromatic N) is 7. The summed E-state index contributed by atoms with van der Waals surface area (Å²) in [7, 11) is 4.32. The highest BCUT2D eigenvalue weighted by atomic mass is 19.4. The summed E-state index contributed by atoms with van der Waals surface area (Å²) in [6, 6.07) is 4.77. The lowest BCUT2D eigenvalue weighted by molar-refractivity contribution is -0.162. The lowest BCUT2D eigenvalue weighted by Gasteiger charge is -2.60. The van der Waals surface area contributed by atoms with Gasteiger partial charge in [0.2, 0.25) is 5.91 Å². The van der Waals surface area contributed by atoms with Crippen LogP contribution >= 0.6 is 0 Å². The van der Waals surface area contributed by atoms with E-state index in [1.165, 1.54) is 94.5 Å². The Bertz CT molecular complexity index is 2460. The van der Waals surface area contributed by atoms with E-state index in [0.29, 0.717) is 60.2 Å². The number of allylic oxidation sites excluding steroid dienone is 3. The number of halogens is 3. The van der Waals surface area contributed by atoms with Crippen LogP contribution in [-0.2, 0) is 17.4 Å². The van der Waals surface area contributed by atoms with Crippen molar-refractivity contribution in [2.24, 2.45) is 34.6 Å². The third kappa shape index (κ3) is 20.3. The van der Waals surface area contributed by atoms with Crippen LogP contribution in [0.2, 0.25) is 0 Å². The molecule has 11 atom stereocenters. The van der Waals surface area contributed by atoms with E-state index in [-0.39, 0.29) is 53.7 Å². The van der Waals surface area contributed by atoms with Crippen molar-refractivity contribution < 1.29 is 18.0 Å². The first-order valence-corrected chi connectivity index (χ1v) is 36.3. The zero-order chi connectivity index (χ0) is 64.4.